The first-order chi connectivity index (χ1) is 8.97. The van der Waals surface area contributed by atoms with Crippen LogP contribution in [0.2, 0.25) is 0 Å². The molecule has 0 amide bonds. The number of aromatic nitrogens is 2. The molecular weight excluding hydrogens is 244 g/mol. The Morgan fingerprint density at radius 1 is 1.21 bits per heavy atom. The molecule has 0 saturated heterocycles. The fraction of sp³-hybridized carbons (Fsp3) is 0.214. The predicted molar refractivity (Wildman–Crippen MR) is 69.7 cm³/mol. The second-order valence-corrected chi connectivity index (χ2v) is 4.27. The molecule has 19 heavy (non-hydrogen) atoms. The minimum Gasteiger partial charge on any atom is -0.478 e. The van der Waals surface area contributed by atoms with Gasteiger partial charge in [0.05, 0.1) is 23.1 Å². The van der Waals surface area contributed by atoms with Crippen molar-refractivity contribution in [2.75, 3.05) is 0 Å². The zero-order valence-corrected chi connectivity index (χ0v) is 11.0. The molecule has 0 saturated carbocycles. The van der Waals surface area contributed by atoms with E-state index in [0.29, 0.717) is 11.6 Å². The van der Waals surface area contributed by atoms with Gasteiger partial charge in [0.15, 0.2) is 0 Å². The van der Waals surface area contributed by atoms with Crippen LogP contribution in [0, 0.1) is 20.8 Å². The molecule has 98 valence electrons. The van der Waals surface area contributed by atoms with Crippen LogP contribution in [0.15, 0.2) is 24.4 Å². The number of nitrogens with zero attached hydrogens (tertiary/aromatic N) is 2. The van der Waals surface area contributed by atoms with Gasteiger partial charge in [-0.15, -0.1) is 0 Å². The number of aryl methyl sites for hydroxylation is 3. The largest absolute Gasteiger partial charge is 0.478 e. The van der Waals surface area contributed by atoms with E-state index in [-0.39, 0.29) is 5.56 Å². The molecule has 0 aliphatic heterocycles. The zero-order chi connectivity index (χ0) is 14.0. The molecule has 0 radical (unpaired) electrons. The molecule has 5 nitrogen and oxygen atoms in total. The van der Waals surface area contributed by atoms with E-state index < -0.39 is 5.97 Å². The van der Waals surface area contributed by atoms with Crippen LogP contribution in [-0.2, 0) is 0 Å². The topological polar surface area (TPSA) is 72.3 Å². The van der Waals surface area contributed by atoms with Gasteiger partial charge in [0.25, 0.3) is 0 Å². The lowest BCUT2D eigenvalue weighted by Gasteiger charge is -2.09. The van der Waals surface area contributed by atoms with Crippen molar-refractivity contribution in [1.82, 2.24) is 9.97 Å². The molecule has 1 heterocycles. The average molecular weight is 258 g/mol. The minimum absolute atomic E-state index is 0.232. The lowest BCUT2D eigenvalue weighted by molar-refractivity contribution is 0.0697. The smallest absolute Gasteiger partial charge is 0.335 e. The van der Waals surface area contributed by atoms with Gasteiger partial charge >= 0.3 is 5.97 Å². The van der Waals surface area contributed by atoms with Gasteiger partial charge in [-0.3, -0.25) is 4.98 Å². The fourth-order valence-corrected chi connectivity index (χ4v) is 1.58. The van der Waals surface area contributed by atoms with Crippen molar-refractivity contribution in [2.24, 2.45) is 0 Å². The number of hydrogen-bond acceptors (Lipinski definition) is 4. The molecule has 1 aromatic heterocycles. The van der Waals surface area contributed by atoms with Gasteiger partial charge in [0.1, 0.15) is 5.75 Å². The van der Waals surface area contributed by atoms with E-state index in [4.69, 9.17) is 9.84 Å². The van der Waals surface area contributed by atoms with Gasteiger partial charge in [-0.1, -0.05) is 0 Å². The van der Waals surface area contributed by atoms with Gasteiger partial charge in [0.2, 0.25) is 5.88 Å². The molecule has 0 fully saturated rings. The second kappa shape index (κ2) is 5.06. The van der Waals surface area contributed by atoms with Crippen LogP contribution in [-0.4, -0.2) is 21.0 Å². The van der Waals surface area contributed by atoms with E-state index in [1.165, 1.54) is 6.07 Å². The molecule has 1 aromatic carbocycles. The maximum Gasteiger partial charge on any atom is 0.335 e. The molecule has 0 bridgehead atoms. The van der Waals surface area contributed by atoms with Crippen LogP contribution < -0.4 is 4.74 Å². The van der Waals surface area contributed by atoms with Gasteiger partial charge < -0.3 is 9.84 Å². The first-order valence-electron chi connectivity index (χ1n) is 5.79. The van der Waals surface area contributed by atoms with E-state index in [9.17, 15) is 4.79 Å². The zero-order valence-electron chi connectivity index (χ0n) is 11.0. The Bertz CT molecular complexity index is 639. The molecular formula is C14H14N2O3. The van der Waals surface area contributed by atoms with Crippen molar-refractivity contribution >= 4 is 5.97 Å². The first-order valence-corrected chi connectivity index (χ1v) is 5.79. The molecule has 0 unspecified atom stereocenters. The quantitative estimate of drug-likeness (QED) is 0.916. The SMILES string of the molecule is Cc1cc(C(=O)O)ccc1Oc1cnc(C)c(C)n1. The fourth-order valence-electron chi connectivity index (χ4n) is 1.58. The molecule has 0 atom stereocenters. The third-order valence-electron chi connectivity index (χ3n) is 2.81. The summed E-state index contributed by atoms with van der Waals surface area (Å²) in [5.74, 6) is 0.0115. The van der Waals surface area contributed by atoms with Crippen LogP contribution in [0.5, 0.6) is 11.6 Å². The summed E-state index contributed by atoms with van der Waals surface area (Å²) in [5.41, 5.74) is 2.62. The van der Waals surface area contributed by atoms with Gasteiger partial charge in [-0.25, -0.2) is 9.78 Å². The maximum absolute atomic E-state index is 10.8. The van der Waals surface area contributed by atoms with Crippen LogP contribution in [0.1, 0.15) is 27.3 Å². The van der Waals surface area contributed by atoms with Crippen LogP contribution in [0.3, 0.4) is 0 Å². The van der Waals surface area contributed by atoms with Gasteiger partial charge in [0, 0.05) is 0 Å². The maximum atomic E-state index is 10.8. The second-order valence-electron chi connectivity index (χ2n) is 4.27. The Morgan fingerprint density at radius 2 is 1.95 bits per heavy atom. The Hall–Kier alpha value is -2.43. The standard InChI is InChI=1S/C14H14N2O3/c1-8-6-11(14(17)18)4-5-12(8)19-13-7-15-9(2)10(3)16-13/h4-7H,1-3H3,(H,17,18). The van der Waals surface area contributed by atoms with Crippen molar-refractivity contribution in [3.05, 3.63) is 46.9 Å². The molecule has 1 N–H and O–H groups in total. The summed E-state index contributed by atoms with van der Waals surface area (Å²) in [7, 11) is 0. The third-order valence-corrected chi connectivity index (χ3v) is 2.81. The van der Waals surface area contributed by atoms with Crippen molar-refractivity contribution < 1.29 is 14.6 Å². The predicted octanol–water partition coefficient (Wildman–Crippen LogP) is 2.89. The van der Waals surface area contributed by atoms with E-state index in [1.54, 1.807) is 25.3 Å². The van der Waals surface area contributed by atoms with E-state index >= 15 is 0 Å². The Morgan fingerprint density at radius 3 is 2.53 bits per heavy atom. The number of ether oxygens (including phenoxy) is 1. The van der Waals surface area contributed by atoms with Gasteiger partial charge in [-0.2, -0.15) is 0 Å². The normalized spacial score (nSPS) is 10.3. The Balaban J connectivity index is 2.28. The number of benzene rings is 1. The average Bonchev–Trinajstić information content (AvgIpc) is 2.36. The molecule has 0 spiro atoms. The summed E-state index contributed by atoms with van der Waals surface area (Å²) in [6.45, 7) is 5.52. The highest BCUT2D eigenvalue weighted by Crippen LogP contribution is 2.24. The lowest BCUT2D eigenvalue weighted by Crippen LogP contribution is -1.99. The van der Waals surface area contributed by atoms with Gasteiger partial charge in [-0.05, 0) is 44.5 Å². The summed E-state index contributed by atoms with van der Waals surface area (Å²) >= 11 is 0. The number of carboxylic acid groups (broad SMARTS) is 1. The summed E-state index contributed by atoms with van der Waals surface area (Å²) in [6, 6.07) is 4.68. The van der Waals surface area contributed by atoms with E-state index in [1.807, 2.05) is 13.8 Å². The number of rotatable bonds is 3. The van der Waals surface area contributed by atoms with Crippen LogP contribution >= 0.6 is 0 Å². The number of aromatic carboxylic acids is 1. The molecule has 2 rings (SSSR count). The highest BCUT2D eigenvalue weighted by atomic mass is 16.5. The number of carbonyl (C=O) groups is 1. The van der Waals surface area contributed by atoms with Crippen molar-refractivity contribution in [2.45, 2.75) is 20.8 Å². The number of hydrogen-bond donors (Lipinski definition) is 1. The van der Waals surface area contributed by atoms with Crippen molar-refractivity contribution in [3.63, 3.8) is 0 Å². The highest BCUT2D eigenvalue weighted by Gasteiger charge is 2.08. The molecule has 2 aromatic rings. The van der Waals surface area contributed by atoms with Crippen molar-refractivity contribution in [1.29, 1.82) is 0 Å². The highest BCUT2D eigenvalue weighted by molar-refractivity contribution is 5.88. The lowest BCUT2D eigenvalue weighted by atomic mass is 10.1. The Kier molecular flexibility index (Phi) is 3.46. The minimum atomic E-state index is -0.958. The van der Waals surface area contributed by atoms with E-state index in [2.05, 4.69) is 9.97 Å². The number of carboxylic acids is 1. The van der Waals surface area contributed by atoms with Crippen LogP contribution in [0.25, 0.3) is 0 Å². The summed E-state index contributed by atoms with van der Waals surface area (Å²) in [6.07, 6.45) is 1.55. The Labute approximate surface area is 110 Å². The molecule has 0 aliphatic carbocycles. The molecule has 0 aliphatic rings. The first kappa shape index (κ1) is 13.0. The summed E-state index contributed by atoms with van der Waals surface area (Å²) in [4.78, 5) is 19.3. The van der Waals surface area contributed by atoms with Crippen LogP contribution in [0.4, 0.5) is 0 Å². The summed E-state index contributed by atoms with van der Waals surface area (Å²) < 4.78 is 5.61. The van der Waals surface area contributed by atoms with Crippen molar-refractivity contribution in [3.8, 4) is 11.6 Å². The monoisotopic (exact) mass is 258 g/mol. The third kappa shape index (κ3) is 2.88. The van der Waals surface area contributed by atoms with E-state index in [0.717, 1.165) is 17.0 Å². The molecule has 5 heteroatoms. The summed E-state index contributed by atoms with van der Waals surface area (Å²) in [5, 5.41) is 8.89.